The summed E-state index contributed by atoms with van der Waals surface area (Å²) in [5.74, 6) is -0.194. The topological polar surface area (TPSA) is 101 Å². The zero-order chi connectivity index (χ0) is 16.6. The minimum atomic E-state index is -0.613. The van der Waals surface area contributed by atoms with Gasteiger partial charge in [-0.05, 0) is 34.6 Å². The number of carbonyl (C=O) groups excluding carboxylic acids is 3. The number of nitrogens with two attached hydrogens (primary N) is 1. The fraction of sp³-hybridized carbons (Fsp3) is 0.786. The van der Waals surface area contributed by atoms with E-state index in [2.05, 4.69) is 10.6 Å². The second-order valence-electron chi connectivity index (χ2n) is 5.63. The van der Waals surface area contributed by atoms with Gasteiger partial charge in [0.2, 0.25) is 11.8 Å². The average Bonchev–Trinajstić information content (AvgIpc) is 2.31. The summed E-state index contributed by atoms with van der Waals surface area (Å²) in [4.78, 5) is 35.1. The normalized spacial score (nSPS) is 13.9. The van der Waals surface area contributed by atoms with Crippen LogP contribution in [0.3, 0.4) is 0 Å². The molecule has 0 aromatic carbocycles. The molecule has 0 radical (unpaired) electrons. The third-order valence-electron chi connectivity index (χ3n) is 2.54. The minimum absolute atomic E-state index is 0.00441. The average molecular weight is 317 g/mol. The third-order valence-corrected chi connectivity index (χ3v) is 3.88. The maximum Gasteiger partial charge on any atom is 0.233 e. The molecule has 4 N–H and O–H groups in total. The summed E-state index contributed by atoms with van der Waals surface area (Å²) in [5.41, 5.74) is 5.68. The number of nitrogens with one attached hydrogen (secondary N) is 2. The van der Waals surface area contributed by atoms with Gasteiger partial charge in [0.15, 0.2) is 0 Å². The van der Waals surface area contributed by atoms with E-state index in [0.717, 1.165) is 0 Å². The van der Waals surface area contributed by atoms with Gasteiger partial charge in [0.05, 0.1) is 11.3 Å². The molecular formula is C14H27N3O3S. The van der Waals surface area contributed by atoms with Gasteiger partial charge in [-0.3, -0.25) is 14.4 Å². The van der Waals surface area contributed by atoms with Gasteiger partial charge in [0, 0.05) is 24.3 Å². The third kappa shape index (κ3) is 9.47. The predicted octanol–water partition coefficient (Wildman–Crippen LogP) is 0.444. The largest absolute Gasteiger partial charge is 0.354 e. The Morgan fingerprint density at radius 1 is 1.05 bits per heavy atom. The number of ketones is 1. The number of Topliss-reactive ketones (excluding diaryl/α,β-unsaturated/α-hetero) is 1. The van der Waals surface area contributed by atoms with Crippen molar-refractivity contribution in [1.29, 1.82) is 0 Å². The minimum Gasteiger partial charge on any atom is -0.354 e. The summed E-state index contributed by atoms with van der Waals surface area (Å²) in [5, 5.41) is 5.01. The molecule has 0 saturated carbocycles. The van der Waals surface area contributed by atoms with E-state index in [-0.39, 0.29) is 36.1 Å². The summed E-state index contributed by atoms with van der Waals surface area (Å²) in [6.07, 6.45) is 0.0754. The second-order valence-corrected chi connectivity index (χ2v) is 6.86. The van der Waals surface area contributed by atoms with E-state index in [1.165, 1.54) is 18.7 Å². The quantitative estimate of drug-likeness (QED) is 0.573. The SMILES string of the molecule is CC(=O)[C@H](N)CSC(CC(=O)NC(C)C)C(=O)NC(C)C. The summed E-state index contributed by atoms with van der Waals surface area (Å²) < 4.78 is 0. The highest BCUT2D eigenvalue weighted by molar-refractivity contribution is 8.00. The van der Waals surface area contributed by atoms with Crippen molar-refractivity contribution < 1.29 is 14.4 Å². The number of amides is 2. The standard InChI is InChI=1S/C14H27N3O3S/c1-8(2)16-13(19)6-12(14(20)17-9(3)4)21-7-11(15)10(5)18/h8-9,11-12H,6-7,15H2,1-5H3,(H,16,19)(H,17,20)/t11-,12?/m1/s1. The lowest BCUT2D eigenvalue weighted by atomic mass is 10.2. The molecule has 0 bridgehead atoms. The maximum atomic E-state index is 12.1. The molecule has 2 amide bonds. The van der Waals surface area contributed by atoms with Crippen LogP contribution in [0.4, 0.5) is 0 Å². The number of rotatable bonds is 9. The molecule has 2 atom stereocenters. The van der Waals surface area contributed by atoms with Crippen LogP contribution in [0.25, 0.3) is 0 Å². The van der Waals surface area contributed by atoms with Crippen LogP contribution >= 0.6 is 11.8 Å². The number of hydrogen-bond acceptors (Lipinski definition) is 5. The Balaban J connectivity index is 4.64. The molecule has 0 spiro atoms. The van der Waals surface area contributed by atoms with Crippen molar-refractivity contribution >= 4 is 29.4 Å². The zero-order valence-electron chi connectivity index (χ0n) is 13.4. The first-order chi connectivity index (χ1) is 9.63. The molecule has 7 heteroatoms. The molecule has 0 aromatic heterocycles. The van der Waals surface area contributed by atoms with E-state index in [4.69, 9.17) is 5.73 Å². The summed E-state index contributed by atoms with van der Waals surface area (Å²) in [7, 11) is 0. The molecule has 21 heavy (non-hydrogen) atoms. The van der Waals surface area contributed by atoms with E-state index in [1.54, 1.807) is 0 Å². The fourth-order valence-corrected chi connectivity index (χ4v) is 2.65. The van der Waals surface area contributed by atoms with Crippen LogP contribution in [0.5, 0.6) is 0 Å². The first kappa shape index (κ1) is 19.9. The van der Waals surface area contributed by atoms with Gasteiger partial charge in [0.1, 0.15) is 5.78 Å². The number of thioether (sulfide) groups is 1. The van der Waals surface area contributed by atoms with Gasteiger partial charge >= 0.3 is 0 Å². The lowest BCUT2D eigenvalue weighted by Crippen LogP contribution is -2.42. The molecule has 0 saturated heterocycles. The summed E-state index contributed by atoms with van der Waals surface area (Å²) >= 11 is 1.24. The van der Waals surface area contributed by atoms with Crippen molar-refractivity contribution in [2.75, 3.05) is 5.75 Å². The number of hydrogen-bond donors (Lipinski definition) is 3. The monoisotopic (exact) mass is 317 g/mol. The Morgan fingerprint density at radius 3 is 2.00 bits per heavy atom. The lowest BCUT2D eigenvalue weighted by Gasteiger charge is -2.19. The van der Waals surface area contributed by atoms with Crippen LogP contribution in [0, 0.1) is 0 Å². The molecule has 0 rings (SSSR count). The Morgan fingerprint density at radius 2 is 1.57 bits per heavy atom. The van der Waals surface area contributed by atoms with E-state index in [9.17, 15) is 14.4 Å². The first-order valence-electron chi connectivity index (χ1n) is 7.10. The smallest absolute Gasteiger partial charge is 0.233 e. The highest BCUT2D eigenvalue weighted by atomic mass is 32.2. The molecule has 0 aliphatic carbocycles. The molecule has 0 aromatic rings. The zero-order valence-corrected chi connectivity index (χ0v) is 14.3. The van der Waals surface area contributed by atoms with Crippen LogP contribution < -0.4 is 16.4 Å². The summed E-state index contributed by atoms with van der Waals surface area (Å²) in [6, 6.07) is -0.594. The van der Waals surface area contributed by atoms with Crippen molar-refractivity contribution in [2.24, 2.45) is 5.73 Å². The fourth-order valence-electron chi connectivity index (χ4n) is 1.49. The maximum absolute atomic E-state index is 12.1. The van der Waals surface area contributed by atoms with E-state index in [1.807, 2.05) is 27.7 Å². The van der Waals surface area contributed by atoms with E-state index >= 15 is 0 Å². The lowest BCUT2D eigenvalue weighted by molar-refractivity contribution is -0.126. The summed E-state index contributed by atoms with van der Waals surface area (Å²) in [6.45, 7) is 8.85. The Hall–Kier alpha value is -1.08. The van der Waals surface area contributed by atoms with E-state index in [0.29, 0.717) is 5.75 Å². The predicted molar refractivity (Wildman–Crippen MR) is 86.1 cm³/mol. The molecule has 0 heterocycles. The van der Waals surface area contributed by atoms with Gasteiger partial charge in [-0.15, -0.1) is 11.8 Å². The van der Waals surface area contributed by atoms with Gasteiger partial charge in [-0.1, -0.05) is 0 Å². The molecule has 6 nitrogen and oxygen atoms in total. The molecule has 0 aliphatic heterocycles. The van der Waals surface area contributed by atoms with Crippen LogP contribution in [0.2, 0.25) is 0 Å². The Kier molecular flexibility index (Phi) is 9.28. The molecule has 0 fully saturated rings. The van der Waals surface area contributed by atoms with Gasteiger partial charge < -0.3 is 16.4 Å². The highest BCUT2D eigenvalue weighted by Gasteiger charge is 2.24. The highest BCUT2D eigenvalue weighted by Crippen LogP contribution is 2.16. The first-order valence-corrected chi connectivity index (χ1v) is 8.15. The Labute approximate surface area is 131 Å². The van der Waals surface area contributed by atoms with Gasteiger partial charge in [0.25, 0.3) is 0 Å². The van der Waals surface area contributed by atoms with Crippen molar-refractivity contribution in [3.63, 3.8) is 0 Å². The van der Waals surface area contributed by atoms with Gasteiger partial charge in [-0.25, -0.2) is 0 Å². The molecule has 1 unspecified atom stereocenters. The van der Waals surface area contributed by atoms with Crippen LogP contribution in [-0.4, -0.2) is 46.7 Å². The molecule has 122 valence electrons. The van der Waals surface area contributed by atoms with Crippen molar-refractivity contribution in [3.05, 3.63) is 0 Å². The van der Waals surface area contributed by atoms with Crippen LogP contribution in [0.1, 0.15) is 41.0 Å². The Bertz CT molecular complexity index is 372. The van der Waals surface area contributed by atoms with Crippen LogP contribution in [-0.2, 0) is 14.4 Å². The van der Waals surface area contributed by atoms with Gasteiger partial charge in [-0.2, -0.15) is 0 Å². The van der Waals surface area contributed by atoms with E-state index < -0.39 is 11.3 Å². The van der Waals surface area contributed by atoms with Crippen LogP contribution in [0.15, 0.2) is 0 Å². The van der Waals surface area contributed by atoms with Crippen molar-refractivity contribution in [2.45, 2.75) is 64.4 Å². The number of carbonyl (C=O) groups is 3. The second kappa shape index (κ2) is 9.78. The van der Waals surface area contributed by atoms with Crippen molar-refractivity contribution in [1.82, 2.24) is 10.6 Å². The molecule has 0 aliphatic rings. The van der Waals surface area contributed by atoms with Crippen molar-refractivity contribution in [3.8, 4) is 0 Å². The molecular weight excluding hydrogens is 290 g/mol.